The number of rotatable bonds is 48. The summed E-state index contributed by atoms with van der Waals surface area (Å²) in [5.74, 6) is 3.28. The molecule has 114 heavy (non-hydrogen) atoms. The van der Waals surface area contributed by atoms with Gasteiger partial charge in [0.15, 0.2) is 0 Å². The van der Waals surface area contributed by atoms with Crippen molar-refractivity contribution in [3.63, 3.8) is 0 Å². The molecular formula is C100H158O4S10. The molecule has 7 saturated heterocycles. The highest BCUT2D eigenvalue weighted by Gasteiger charge is 2.50. The normalized spacial score (nSPS) is 27.4. The Morgan fingerprint density at radius 1 is 0.254 bits per heavy atom. The average Bonchev–Trinajstić information content (AvgIpc) is 1.64. The van der Waals surface area contributed by atoms with Crippen molar-refractivity contribution in [2.24, 2.45) is 0 Å². The molecule has 0 bridgehead atoms. The van der Waals surface area contributed by atoms with Crippen LogP contribution < -0.4 is 0 Å². The number of unbranched alkanes of at least 4 members (excludes halogenated alkanes) is 16. The van der Waals surface area contributed by atoms with Crippen molar-refractivity contribution >= 4 is 116 Å². The van der Waals surface area contributed by atoms with Crippen LogP contribution in [0.25, 0.3) is 0 Å². The molecule has 4 N–H and O–H groups in total. The summed E-state index contributed by atoms with van der Waals surface area (Å²) in [5.41, 5.74) is 9.24. The van der Waals surface area contributed by atoms with Crippen LogP contribution in [0.3, 0.4) is 0 Å². The first kappa shape index (κ1) is 95.8. The molecule has 642 valence electrons. The summed E-state index contributed by atoms with van der Waals surface area (Å²) in [6.07, 6.45) is 51.8. The average molecular weight is 1750 g/mol. The molecule has 11 rings (SSSR count). The highest BCUT2D eigenvalue weighted by Crippen LogP contribution is 2.60. The quantitative estimate of drug-likeness (QED) is 0.0193. The fourth-order valence-corrected chi connectivity index (χ4v) is 35.1. The third-order valence-corrected chi connectivity index (χ3v) is 41.9. The Morgan fingerprint density at radius 2 is 0.456 bits per heavy atom. The summed E-state index contributed by atoms with van der Waals surface area (Å²) in [5, 5.41) is 57.4. The molecule has 0 amide bonds. The van der Waals surface area contributed by atoms with Crippen LogP contribution in [0.1, 0.15) is 373 Å². The van der Waals surface area contributed by atoms with E-state index in [9.17, 15) is 20.4 Å². The second-order valence-corrected chi connectivity index (χ2v) is 54.4. The fourth-order valence-electron chi connectivity index (χ4n) is 18.3. The maximum absolute atomic E-state index is 10.6. The zero-order valence-electron chi connectivity index (χ0n) is 73.9. The van der Waals surface area contributed by atoms with Gasteiger partial charge in [0.05, 0.1) is 0 Å². The zero-order chi connectivity index (χ0) is 81.6. The van der Waals surface area contributed by atoms with E-state index in [1.54, 1.807) is 0 Å². The predicted octanol–water partition coefficient (Wildman–Crippen LogP) is 31.3. The number of aromatic hydroxyl groups is 4. The minimum atomic E-state index is -0.0204. The summed E-state index contributed by atoms with van der Waals surface area (Å²) in [6.45, 7) is 33.2. The van der Waals surface area contributed by atoms with Gasteiger partial charge in [0.25, 0.3) is 0 Å². The smallest absolute Gasteiger partial charge is 0.119 e. The van der Waals surface area contributed by atoms with E-state index >= 15 is 0 Å². The van der Waals surface area contributed by atoms with Crippen LogP contribution in [0.15, 0.2) is 72.8 Å². The number of hydrogen-bond acceptors (Lipinski definition) is 14. The molecule has 7 heterocycles. The Morgan fingerprint density at radius 3 is 0.702 bits per heavy atom. The maximum atomic E-state index is 10.6. The molecule has 14 heteroatoms. The molecule has 4 aromatic carbocycles. The fraction of sp³-hybridized carbons (Fsp3) is 0.760. The topological polar surface area (TPSA) is 80.9 Å². The molecule has 0 aliphatic carbocycles. The minimum absolute atomic E-state index is 0.0197. The molecule has 0 radical (unpaired) electrons. The highest BCUT2D eigenvalue weighted by atomic mass is 33.1. The van der Waals surface area contributed by atoms with E-state index < -0.39 is 0 Å². The summed E-state index contributed by atoms with van der Waals surface area (Å²) in [4.78, 5) is 0. The Labute approximate surface area is 740 Å². The lowest BCUT2D eigenvalue weighted by Gasteiger charge is -2.41. The SMILES string of the molecule is CCCC1SC1CC1SC(CC2SC2CC2CS2)C(CCCCCCCc2ccc(C(C)(C)C)c(O)c2)SSC1CCCCCCCc1ccc(C(C)(C)C)c(O)c1.CCCC1SC1CC1SC(CC2SC2CCC)C(CCCCCCCc2ccc(C(C)(C)C)c(O)c2)SC1CCCCCCCc1ccc(C(C)(C)C)c(O)c1. The monoisotopic (exact) mass is 1740 g/mol. The van der Waals surface area contributed by atoms with Crippen LogP contribution >= 0.6 is 116 Å². The lowest BCUT2D eigenvalue weighted by Crippen LogP contribution is -2.38. The second-order valence-electron chi connectivity index (χ2n) is 39.9. The van der Waals surface area contributed by atoms with Gasteiger partial charge in [-0.15, -0.1) is 0 Å². The van der Waals surface area contributed by atoms with Gasteiger partial charge in [0.1, 0.15) is 23.0 Å². The molecule has 0 saturated carbocycles. The number of phenolic OH excluding ortho intramolecular Hbond substituents is 4. The highest BCUT2D eigenvalue weighted by molar-refractivity contribution is 8.77. The van der Waals surface area contributed by atoms with Gasteiger partial charge in [-0.1, -0.05) is 296 Å². The van der Waals surface area contributed by atoms with Crippen molar-refractivity contribution in [2.75, 3.05) is 5.75 Å². The van der Waals surface area contributed by atoms with Gasteiger partial charge in [-0.2, -0.15) is 94.1 Å². The van der Waals surface area contributed by atoms with Crippen LogP contribution in [0.5, 0.6) is 23.0 Å². The first-order valence-electron chi connectivity index (χ1n) is 46.4. The number of phenols is 4. The van der Waals surface area contributed by atoms with Crippen molar-refractivity contribution in [3.05, 3.63) is 117 Å². The largest absolute Gasteiger partial charge is 0.508 e. The standard InChI is InChI=1S/C50H78O2S6.C50H80O2S4/c1-8-19-41-45(54-41)31-46-42(22-17-13-9-11-15-20-34-24-26-37(39(51)28-34)49(2,3)4)57-58-43(47(56-46)32-48-44(55-48)30-36-33-53-36)23-18-14-10-12-16-21-35-25-27-38(40(52)29-35)50(5,6)7;1-9-21-41-45(54-41)33-47-43(25-19-15-11-13-17-23-35-27-29-37(39(51)31-35)49(3,4)5)53-44(48(56-47)34-46-42(55-46)22-10-2)26-20-16-12-14-18-24-36-28-30-38(40(52)32-36)50(6,7)8/h24-29,36,41-48,51-52H,8-23,30-33H2,1-7H3;27-32,41-48,51-52H,9-26,33-34H2,1-8H3. The van der Waals surface area contributed by atoms with E-state index in [0.717, 1.165) is 137 Å². The number of hydrogen-bond donors (Lipinski definition) is 4. The van der Waals surface area contributed by atoms with E-state index in [-0.39, 0.29) is 21.7 Å². The summed E-state index contributed by atoms with van der Waals surface area (Å²) in [6, 6.07) is 25.5. The number of thioether (sulfide) groups is 8. The van der Waals surface area contributed by atoms with Crippen molar-refractivity contribution in [1.29, 1.82) is 0 Å². The number of benzene rings is 4. The minimum Gasteiger partial charge on any atom is -0.508 e. The summed E-state index contributed by atoms with van der Waals surface area (Å²) < 4.78 is 0. The molecule has 7 aliphatic rings. The Bertz CT molecular complexity index is 3350. The zero-order valence-corrected chi connectivity index (χ0v) is 82.1. The van der Waals surface area contributed by atoms with E-state index in [1.165, 1.54) is 253 Å². The van der Waals surface area contributed by atoms with Gasteiger partial charge in [-0.05, 0) is 219 Å². The van der Waals surface area contributed by atoms with Gasteiger partial charge in [-0.3, -0.25) is 0 Å². The number of aryl methyl sites for hydroxylation is 4. The van der Waals surface area contributed by atoms with Crippen LogP contribution in [0.2, 0.25) is 0 Å². The molecule has 4 nitrogen and oxygen atoms in total. The first-order chi connectivity index (χ1) is 54.5. The van der Waals surface area contributed by atoms with E-state index in [4.69, 9.17) is 0 Å². The second kappa shape index (κ2) is 47.1. The predicted molar refractivity (Wildman–Crippen MR) is 526 cm³/mol. The molecule has 4 aromatic rings. The lowest BCUT2D eigenvalue weighted by atomic mass is 9.85. The summed E-state index contributed by atoms with van der Waals surface area (Å²) >= 11 is 18.9. The van der Waals surface area contributed by atoms with Crippen LogP contribution in [-0.2, 0) is 47.3 Å². The Balaban J connectivity index is 0.000000241. The summed E-state index contributed by atoms with van der Waals surface area (Å²) in [7, 11) is 4.67. The van der Waals surface area contributed by atoms with Gasteiger partial charge < -0.3 is 20.4 Å². The van der Waals surface area contributed by atoms with Crippen LogP contribution in [0, 0.1) is 0 Å². The molecule has 7 fully saturated rings. The third-order valence-electron chi connectivity index (χ3n) is 25.5. The van der Waals surface area contributed by atoms with Crippen molar-refractivity contribution in [2.45, 2.75) is 465 Å². The molecule has 7 aliphatic heterocycles. The first-order valence-corrected chi connectivity index (χ1v) is 56.3. The lowest BCUT2D eigenvalue weighted by molar-refractivity contribution is 0.445. The molecule has 17 atom stereocenters. The van der Waals surface area contributed by atoms with Gasteiger partial charge in [0.2, 0.25) is 0 Å². The molecular weight excluding hydrogens is 1590 g/mol. The van der Waals surface area contributed by atoms with Gasteiger partial charge >= 0.3 is 0 Å². The van der Waals surface area contributed by atoms with E-state index in [2.05, 4.69) is 268 Å². The maximum Gasteiger partial charge on any atom is 0.119 e. The van der Waals surface area contributed by atoms with Crippen LogP contribution in [0.4, 0.5) is 0 Å². The molecule has 17 unspecified atom stereocenters. The van der Waals surface area contributed by atoms with Crippen molar-refractivity contribution < 1.29 is 20.4 Å². The van der Waals surface area contributed by atoms with Crippen molar-refractivity contribution in [1.82, 2.24) is 0 Å². The van der Waals surface area contributed by atoms with Gasteiger partial charge in [-0.25, -0.2) is 0 Å². The van der Waals surface area contributed by atoms with E-state index in [1.807, 2.05) is 24.3 Å². The van der Waals surface area contributed by atoms with Gasteiger partial charge in [0, 0.05) is 95.0 Å². The molecule has 0 aromatic heterocycles. The van der Waals surface area contributed by atoms with Crippen molar-refractivity contribution in [3.8, 4) is 23.0 Å². The van der Waals surface area contributed by atoms with Crippen LogP contribution in [-0.4, -0.2) is 115 Å². The molecule has 0 spiro atoms. The Hall–Kier alpha value is -0.420. The third kappa shape index (κ3) is 32.6. The van der Waals surface area contributed by atoms with E-state index in [0.29, 0.717) is 23.0 Å². The Kier molecular flexibility index (Phi) is 39.5.